The number of aliphatic carboxylic acids is 1. The van der Waals surface area contributed by atoms with Crippen LogP contribution in [0.4, 0.5) is 10.5 Å². The number of carbonyl (C=O) groups excluding carboxylic acids is 3. The fraction of sp³-hybridized carbons (Fsp3) is 0.276. The number of anilines is 1. The van der Waals surface area contributed by atoms with Crippen LogP contribution in [0, 0.1) is 6.92 Å². The van der Waals surface area contributed by atoms with Gasteiger partial charge in [0.15, 0.2) is 6.17 Å². The monoisotopic (exact) mass is 579 g/mol. The molecular weight excluding hydrogens is 550 g/mol. The first-order valence-corrected chi connectivity index (χ1v) is 13.3. The number of rotatable bonds is 8. The standard InChI is InChI=1S/C29H30ClN5O6/c1-18-6-3-7-19(16-18)23(17-24(36)37)33-26(38)27-34(28(39)22-8-4-13-31-25(22)30)14-5-15-35(27)29(40)32-20-9-11-21(41-2)12-10-20/h3-4,6-13,16,23,27H,5,14-15,17H2,1-2H3,(H,32,40)(H,33,38)(H,36,37). The summed E-state index contributed by atoms with van der Waals surface area (Å²) in [6.07, 6.45) is 0.0289. The van der Waals surface area contributed by atoms with E-state index in [4.69, 9.17) is 16.3 Å². The van der Waals surface area contributed by atoms with Gasteiger partial charge in [0.05, 0.1) is 25.1 Å². The first kappa shape index (κ1) is 29.3. The van der Waals surface area contributed by atoms with Crippen LogP contribution in [0.5, 0.6) is 5.75 Å². The summed E-state index contributed by atoms with van der Waals surface area (Å²) in [5.41, 5.74) is 2.00. The molecule has 2 atom stereocenters. The molecule has 41 heavy (non-hydrogen) atoms. The number of pyridine rings is 1. The summed E-state index contributed by atoms with van der Waals surface area (Å²) in [6, 6.07) is 15.3. The molecule has 1 fully saturated rings. The number of hydrogen-bond acceptors (Lipinski definition) is 6. The summed E-state index contributed by atoms with van der Waals surface area (Å²) in [4.78, 5) is 59.3. The summed E-state index contributed by atoms with van der Waals surface area (Å²) in [5, 5.41) is 15.1. The number of carboxylic acid groups (broad SMARTS) is 1. The van der Waals surface area contributed by atoms with Gasteiger partial charge in [-0.15, -0.1) is 0 Å². The molecule has 2 heterocycles. The van der Waals surface area contributed by atoms with E-state index < -0.39 is 42.4 Å². The SMILES string of the molecule is COc1ccc(NC(=O)N2CCCN(C(=O)c3cccnc3Cl)C2C(=O)NC(CC(=O)O)c2cccc(C)c2)cc1. The first-order valence-electron chi connectivity index (χ1n) is 12.9. The number of nitrogens with one attached hydrogen (secondary N) is 2. The minimum Gasteiger partial charge on any atom is -0.497 e. The second-order valence-electron chi connectivity index (χ2n) is 9.49. The lowest BCUT2D eigenvalue weighted by atomic mass is 10.0. The Morgan fingerprint density at radius 1 is 1.07 bits per heavy atom. The number of hydrogen-bond donors (Lipinski definition) is 3. The maximum absolute atomic E-state index is 13.9. The Kier molecular flexibility index (Phi) is 9.41. The first-order chi connectivity index (χ1) is 19.7. The van der Waals surface area contributed by atoms with Gasteiger partial charge in [0.1, 0.15) is 10.9 Å². The van der Waals surface area contributed by atoms with E-state index in [0.717, 1.165) is 5.56 Å². The quantitative estimate of drug-likeness (QED) is 0.341. The smallest absolute Gasteiger partial charge is 0.323 e. The Morgan fingerprint density at radius 2 is 1.80 bits per heavy atom. The molecule has 1 aliphatic rings. The third kappa shape index (κ3) is 7.12. The van der Waals surface area contributed by atoms with E-state index in [-0.39, 0.29) is 23.8 Å². The van der Waals surface area contributed by atoms with Crippen molar-refractivity contribution in [1.29, 1.82) is 0 Å². The van der Waals surface area contributed by atoms with Crippen LogP contribution in [0.3, 0.4) is 0 Å². The Hall–Kier alpha value is -4.64. The average Bonchev–Trinajstić information content (AvgIpc) is 2.96. The lowest BCUT2D eigenvalue weighted by molar-refractivity contribution is -0.138. The van der Waals surface area contributed by atoms with E-state index in [2.05, 4.69) is 15.6 Å². The van der Waals surface area contributed by atoms with E-state index in [1.54, 1.807) is 48.5 Å². The number of nitrogens with zero attached hydrogens (tertiary/aromatic N) is 3. The molecule has 0 saturated carbocycles. The van der Waals surface area contributed by atoms with Gasteiger partial charge in [0.2, 0.25) is 0 Å². The second kappa shape index (κ2) is 13.1. The topological polar surface area (TPSA) is 141 Å². The molecule has 12 heteroatoms. The third-order valence-electron chi connectivity index (χ3n) is 6.62. The van der Waals surface area contributed by atoms with Crippen molar-refractivity contribution in [1.82, 2.24) is 20.1 Å². The highest BCUT2D eigenvalue weighted by molar-refractivity contribution is 6.32. The number of halogens is 1. The molecule has 3 N–H and O–H groups in total. The summed E-state index contributed by atoms with van der Waals surface area (Å²) < 4.78 is 5.16. The van der Waals surface area contributed by atoms with Crippen molar-refractivity contribution >= 4 is 41.1 Å². The molecule has 11 nitrogen and oxygen atoms in total. The normalized spacial score (nSPS) is 15.5. The maximum atomic E-state index is 13.9. The van der Waals surface area contributed by atoms with Crippen LogP contribution in [-0.4, -0.2) is 70.1 Å². The lowest BCUT2D eigenvalue weighted by Gasteiger charge is -2.43. The minimum atomic E-state index is -1.40. The number of aromatic nitrogens is 1. The van der Waals surface area contributed by atoms with Crippen molar-refractivity contribution in [3.63, 3.8) is 0 Å². The molecule has 2 aromatic carbocycles. The van der Waals surface area contributed by atoms with Gasteiger partial charge in [0, 0.05) is 25.0 Å². The number of urea groups is 1. The van der Waals surface area contributed by atoms with E-state index >= 15 is 0 Å². The number of benzene rings is 2. The van der Waals surface area contributed by atoms with Gasteiger partial charge < -0.3 is 25.4 Å². The zero-order valence-electron chi connectivity index (χ0n) is 22.5. The molecule has 214 valence electrons. The molecule has 4 rings (SSSR count). The summed E-state index contributed by atoms with van der Waals surface area (Å²) in [6.45, 7) is 2.18. The van der Waals surface area contributed by atoms with Gasteiger partial charge in [-0.25, -0.2) is 9.78 Å². The predicted octanol–water partition coefficient (Wildman–Crippen LogP) is 4.09. The van der Waals surface area contributed by atoms with Gasteiger partial charge in [-0.2, -0.15) is 0 Å². The summed E-state index contributed by atoms with van der Waals surface area (Å²) in [5.74, 6) is -1.82. The van der Waals surface area contributed by atoms with Crippen LogP contribution in [0.2, 0.25) is 5.15 Å². The molecule has 0 bridgehead atoms. The van der Waals surface area contributed by atoms with Crippen molar-refractivity contribution in [3.05, 3.63) is 88.7 Å². The molecule has 1 saturated heterocycles. The number of methoxy groups -OCH3 is 1. The van der Waals surface area contributed by atoms with Gasteiger partial charge in [0.25, 0.3) is 11.8 Å². The molecule has 0 spiro atoms. The van der Waals surface area contributed by atoms with Gasteiger partial charge in [-0.1, -0.05) is 41.4 Å². The Labute approximate surface area is 242 Å². The van der Waals surface area contributed by atoms with Gasteiger partial charge in [-0.05, 0) is 55.3 Å². The number of aryl methyl sites for hydroxylation is 1. The van der Waals surface area contributed by atoms with Gasteiger partial charge >= 0.3 is 12.0 Å². The molecule has 2 unspecified atom stereocenters. The van der Waals surface area contributed by atoms with E-state index in [0.29, 0.717) is 23.4 Å². The van der Waals surface area contributed by atoms with Crippen LogP contribution >= 0.6 is 11.6 Å². The molecule has 1 aromatic heterocycles. The van der Waals surface area contributed by atoms with Crippen molar-refractivity contribution in [2.75, 3.05) is 25.5 Å². The highest BCUT2D eigenvalue weighted by atomic mass is 35.5. The number of amides is 4. The number of carbonyl (C=O) groups is 4. The van der Waals surface area contributed by atoms with E-state index in [9.17, 15) is 24.3 Å². The molecule has 3 aromatic rings. The van der Waals surface area contributed by atoms with Gasteiger partial charge in [-0.3, -0.25) is 19.3 Å². The van der Waals surface area contributed by atoms with E-state index in [1.807, 2.05) is 13.0 Å². The lowest BCUT2D eigenvalue weighted by Crippen LogP contribution is -2.64. The van der Waals surface area contributed by atoms with Crippen molar-refractivity contribution < 1.29 is 29.0 Å². The molecule has 0 radical (unpaired) electrons. The molecule has 1 aliphatic heterocycles. The van der Waals surface area contributed by atoms with Crippen LogP contribution in [0.1, 0.15) is 40.4 Å². The largest absolute Gasteiger partial charge is 0.497 e. The summed E-state index contributed by atoms with van der Waals surface area (Å²) >= 11 is 6.21. The third-order valence-corrected chi connectivity index (χ3v) is 6.92. The van der Waals surface area contributed by atoms with E-state index in [1.165, 1.54) is 29.2 Å². The Bertz CT molecular complexity index is 1430. The fourth-order valence-corrected chi connectivity index (χ4v) is 4.86. The van der Waals surface area contributed by atoms with Crippen LogP contribution in [-0.2, 0) is 9.59 Å². The minimum absolute atomic E-state index is 0.0417. The maximum Gasteiger partial charge on any atom is 0.323 e. The Morgan fingerprint density at radius 3 is 2.46 bits per heavy atom. The second-order valence-corrected chi connectivity index (χ2v) is 9.85. The highest BCUT2D eigenvalue weighted by Crippen LogP contribution is 2.25. The zero-order valence-corrected chi connectivity index (χ0v) is 23.3. The molecule has 0 aliphatic carbocycles. The van der Waals surface area contributed by atoms with Crippen LogP contribution in [0.15, 0.2) is 66.9 Å². The predicted molar refractivity (Wildman–Crippen MR) is 152 cm³/mol. The average molecular weight is 580 g/mol. The fourth-order valence-electron chi connectivity index (χ4n) is 4.66. The van der Waals surface area contributed by atoms with Crippen molar-refractivity contribution in [3.8, 4) is 5.75 Å². The van der Waals surface area contributed by atoms with Crippen molar-refractivity contribution in [2.24, 2.45) is 0 Å². The van der Waals surface area contributed by atoms with Crippen LogP contribution < -0.4 is 15.4 Å². The molecular formula is C29H30ClN5O6. The van der Waals surface area contributed by atoms with Crippen LogP contribution in [0.25, 0.3) is 0 Å². The zero-order chi connectivity index (χ0) is 29.5. The highest BCUT2D eigenvalue weighted by Gasteiger charge is 2.42. The number of carboxylic acids is 1. The Balaban J connectivity index is 1.68. The summed E-state index contributed by atoms with van der Waals surface area (Å²) in [7, 11) is 1.53. The van der Waals surface area contributed by atoms with Crippen molar-refractivity contribution in [2.45, 2.75) is 32.0 Å². The molecule has 4 amide bonds. The number of ether oxygens (including phenoxy) is 1.